The van der Waals surface area contributed by atoms with Gasteiger partial charge in [0.15, 0.2) is 11.5 Å². The molecule has 0 saturated heterocycles. The van der Waals surface area contributed by atoms with E-state index in [2.05, 4.69) is 10.6 Å². The Kier molecular flexibility index (Phi) is 4.28. The van der Waals surface area contributed by atoms with Crippen LogP contribution in [0.1, 0.15) is 36.0 Å². The number of carbonyl (C=O) groups is 3. The van der Waals surface area contributed by atoms with Crippen molar-refractivity contribution in [1.29, 1.82) is 0 Å². The van der Waals surface area contributed by atoms with E-state index in [9.17, 15) is 19.5 Å². The minimum atomic E-state index is -1.21. The molecule has 128 valence electrons. The van der Waals surface area contributed by atoms with E-state index in [1.54, 1.807) is 12.1 Å². The molecular formula is C16H18N2O6. The number of amides is 2. The minimum Gasteiger partial charge on any atom is -0.480 e. The monoisotopic (exact) mass is 334 g/mol. The first kappa shape index (κ1) is 16.1. The van der Waals surface area contributed by atoms with Crippen molar-refractivity contribution >= 4 is 17.8 Å². The summed E-state index contributed by atoms with van der Waals surface area (Å²) < 4.78 is 10.4. The van der Waals surface area contributed by atoms with Crippen LogP contribution < -0.4 is 20.1 Å². The predicted molar refractivity (Wildman–Crippen MR) is 81.9 cm³/mol. The summed E-state index contributed by atoms with van der Waals surface area (Å²) in [6, 6.07) is 4.72. The highest BCUT2D eigenvalue weighted by atomic mass is 16.7. The van der Waals surface area contributed by atoms with Gasteiger partial charge in [0.2, 0.25) is 12.7 Å². The van der Waals surface area contributed by atoms with Crippen molar-refractivity contribution in [3.8, 4) is 11.5 Å². The van der Waals surface area contributed by atoms with Crippen LogP contribution in [0.25, 0.3) is 0 Å². The molecule has 8 heteroatoms. The fourth-order valence-electron chi connectivity index (χ4n) is 2.98. The van der Waals surface area contributed by atoms with Crippen LogP contribution in [-0.4, -0.2) is 41.8 Å². The smallest absolute Gasteiger partial charge is 0.329 e. The number of ether oxygens (including phenoxy) is 2. The summed E-state index contributed by atoms with van der Waals surface area (Å²) in [4.78, 5) is 35.5. The maximum atomic E-state index is 12.1. The van der Waals surface area contributed by atoms with Gasteiger partial charge >= 0.3 is 5.97 Å². The van der Waals surface area contributed by atoms with Crippen molar-refractivity contribution in [1.82, 2.24) is 10.6 Å². The number of benzene rings is 1. The van der Waals surface area contributed by atoms with Gasteiger partial charge in [-0.15, -0.1) is 0 Å². The Morgan fingerprint density at radius 1 is 1.12 bits per heavy atom. The summed E-state index contributed by atoms with van der Waals surface area (Å²) in [5.41, 5.74) is -0.874. The van der Waals surface area contributed by atoms with Crippen molar-refractivity contribution < 1.29 is 29.0 Å². The van der Waals surface area contributed by atoms with E-state index in [-0.39, 0.29) is 13.3 Å². The molecule has 0 aromatic heterocycles. The number of fused-ring (bicyclic) bond motifs is 1. The Morgan fingerprint density at radius 2 is 1.83 bits per heavy atom. The number of nitrogens with one attached hydrogen (secondary N) is 2. The molecule has 1 heterocycles. The number of carboxylic acid groups (broad SMARTS) is 1. The molecule has 1 aromatic rings. The SMILES string of the molecule is O=C(CNC(=O)c1ccc2c(c1)OCO2)NC1(C(=O)O)CCCC1. The van der Waals surface area contributed by atoms with Crippen LogP contribution in [0.15, 0.2) is 18.2 Å². The zero-order chi connectivity index (χ0) is 17.2. The molecule has 8 nitrogen and oxygen atoms in total. The average Bonchev–Trinajstić information content (AvgIpc) is 3.21. The van der Waals surface area contributed by atoms with Crippen LogP contribution in [0.5, 0.6) is 11.5 Å². The highest BCUT2D eigenvalue weighted by molar-refractivity contribution is 5.97. The van der Waals surface area contributed by atoms with Gasteiger partial charge < -0.3 is 25.2 Å². The molecule has 1 fully saturated rings. The van der Waals surface area contributed by atoms with Crippen molar-refractivity contribution in [2.75, 3.05) is 13.3 Å². The molecule has 1 aliphatic carbocycles. The first-order valence-corrected chi connectivity index (χ1v) is 7.72. The third-order valence-corrected chi connectivity index (χ3v) is 4.29. The minimum absolute atomic E-state index is 0.111. The average molecular weight is 334 g/mol. The molecule has 2 aliphatic rings. The molecule has 1 aliphatic heterocycles. The fraction of sp³-hybridized carbons (Fsp3) is 0.438. The van der Waals surface area contributed by atoms with Gasteiger partial charge in [-0.05, 0) is 31.0 Å². The Hall–Kier alpha value is -2.77. The van der Waals surface area contributed by atoms with Gasteiger partial charge in [0.25, 0.3) is 5.91 Å². The molecule has 3 N–H and O–H groups in total. The fourth-order valence-corrected chi connectivity index (χ4v) is 2.98. The lowest BCUT2D eigenvalue weighted by Gasteiger charge is -2.25. The molecule has 0 radical (unpaired) electrons. The highest BCUT2D eigenvalue weighted by Gasteiger charge is 2.42. The van der Waals surface area contributed by atoms with Crippen molar-refractivity contribution in [2.45, 2.75) is 31.2 Å². The topological polar surface area (TPSA) is 114 Å². The maximum Gasteiger partial charge on any atom is 0.329 e. The zero-order valence-electron chi connectivity index (χ0n) is 13.0. The van der Waals surface area contributed by atoms with Crippen molar-refractivity contribution in [2.24, 2.45) is 0 Å². The third-order valence-electron chi connectivity index (χ3n) is 4.29. The van der Waals surface area contributed by atoms with Crippen LogP contribution in [0.3, 0.4) is 0 Å². The molecule has 0 bridgehead atoms. The summed E-state index contributed by atoms with van der Waals surface area (Å²) in [6.07, 6.45) is 2.33. The summed E-state index contributed by atoms with van der Waals surface area (Å²) in [5.74, 6) is -0.958. The van der Waals surface area contributed by atoms with Gasteiger partial charge in [-0.1, -0.05) is 12.8 Å². The van der Waals surface area contributed by atoms with E-state index in [4.69, 9.17) is 9.47 Å². The Bertz CT molecular complexity index is 681. The summed E-state index contributed by atoms with van der Waals surface area (Å²) in [5, 5.41) is 14.4. The van der Waals surface area contributed by atoms with E-state index < -0.39 is 23.3 Å². The van der Waals surface area contributed by atoms with Crippen LogP contribution in [0.2, 0.25) is 0 Å². The number of rotatable bonds is 5. The summed E-state index contributed by atoms with van der Waals surface area (Å²) >= 11 is 0. The second-order valence-corrected chi connectivity index (χ2v) is 5.89. The second-order valence-electron chi connectivity index (χ2n) is 5.89. The van der Waals surface area contributed by atoms with Gasteiger partial charge in [0, 0.05) is 5.56 Å². The lowest BCUT2D eigenvalue weighted by atomic mass is 9.98. The Balaban J connectivity index is 1.56. The van der Waals surface area contributed by atoms with Crippen LogP contribution >= 0.6 is 0 Å². The van der Waals surface area contributed by atoms with Gasteiger partial charge in [-0.2, -0.15) is 0 Å². The molecule has 1 aromatic carbocycles. The van der Waals surface area contributed by atoms with E-state index in [0.717, 1.165) is 12.8 Å². The van der Waals surface area contributed by atoms with Crippen LogP contribution in [0, 0.1) is 0 Å². The van der Waals surface area contributed by atoms with Crippen molar-refractivity contribution in [3.63, 3.8) is 0 Å². The molecule has 0 unspecified atom stereocenters. The molecule has 24 heavy (non-hydrogen) atoms. The van der Waals surface area contributed by atoms with E-state index in [1.165, 1.54) is 6.07 Å². The molecule has 3 rings (SSSR count). The standard InChI is InChI=1S/C16H18N2O6/c19-13(18-16(15(21)22)5-1-2-6-16)8-17-14(20)10-3-4-11-12(7-10)24-9-23-11/h3-4,7H,1-2,5-6,8-9H2,(H,17,20)(H,18,19)(H,21,22). The molecule has 1 saturated carbocycles. The zero-order valence-corrected chi connectivity index (χ0v) is 13.0. The van der Waals surface area contributed by atoms with E-state index in [0.29, 0.717) is 29.9 Å². The lowest BCUT2D eigenvalue weighted by Crippen LogP contribution is -2.54. The molecular weight excluding hydrogens is 316 g/mol. The Morgan fingerprint density at radius 3 is 2.54 bits per heavy atom. The predicted octanol–water partition coefficient (Wildman–Crippen LogP) is 0.659. The van der Waals surface area contributed by atoms with Crippen molar-refractivity contribution in [3.05, 3.63) is 23.8 Å². The summed E-state index contributed by atoms with van der Waals surface area (Å²) in [6.45, 7) is -0.178. The normalized spacial score (nSPS) is 17.3. The van der Waals surface area contributed by atoms with Gasteiger partial charge in [0.1, 0.15) is 5.54 Å². The Labute approximate surface area is 138 Å². The van der Waals surface area contributed by atoms with E-state index >= 15 is 0 Å². The number of carboxylic acids is 1. The first-order chi connectivity index (χ1) is 11.5. The van der Waals surface area contributed by atoms with Gasteiger partial charge in [0.05, 0.1) is 6.54 Å². The molecule has 2 amide bonds. The number of hydrogen-bond donors (Lipinski definition) is 3. The lowest BCUT2D eigenvalue weighted by molar-refractivity contribution is -0.147. The number of carbonyl (C=O) groups excluding carboxylic acids is 2. The van der Waals surface area contributed by atoms with Crippen LogP contribution in [0.4, 0.5) is 0 Å². The molecule has 0 spiro atoms. The second kappa shape index (κ2) is 6.38. The first-order valence-electron chi connectivity index (χ1n) is 7.72. The van der Waals surface area contributed by atoms with Crippen LogP contribution in [-0.2, 0) is 9.59 Å². The quantitative estimate of drug-likeness (QED) is 0.729. The summed E-state index contributed by atoms with van der Waals surface area (Å²) in [7, 11) is 0. The number of aliphatic carboxylic acids is 1. The molecule has 0 atom stereocenters. The highest BCUT2D eigenvalue weighted by Crippen LogP contribution is 2.32. The van der Waals surface area contributed by atoms with Gasteiger partial charge in [-0.3, -0.25) is 9.59 Å². The maximum absolute atomic E-state index is 12.1. The third kappa shape index (κ3) is 3.12. The largest absolute Gasteiger partial charge is 0.480 e. The van der Waals surface area contributed by atoms with Gasteiger partial charge in [-0.25, -0.2) is 4.79 Å². The number of hydrogen-bond acceptors (Lipinski definition) is 5. The van der Waals surface area contributed by atoms with E-state index in [1.807, 2.05) is 0 Å².